The lowest BCUT2D eigenvalue weighted by atomic mass is 10.1. The molecule has 0 aliphatic heterocycles. The van der Waals surface area contributed by atoms with Crippen molar-refractivity contribution >= 4 is 21.6 Å². The molecule has 0 spiro atoms. The third kappa shape index (κ3) is 5.40. The molecule has 8 heteroatoms. The molecule has 0 aromatic heterocycles. The number of carbonyl (C=O) groups excluding carboxylic acids is 1. The third-order valence-corrected chi connectivity index (χ3v) is 5.69. The van der Waals surface area contributed by atoms with Crippen LogP contribution in [0.3, 0.4) is 0 Å². The van der Waals surface area contributed by atoms with E-state index in [1.165, 1.54) is 26.2 Å². The predicted octanol–water partition coefficient (Wildman–Crippen LogP) is 2.88. The summed E-state index contributed by atoms with van der Waals surface area (Å²) < 4.78 is 30.9. The summed E-state index contributed by atoms with van der Waals surface area (Å²) in [5.74, 6) is 0.348. The fourth-order valence-electron chi connectivity index (χ4n) is 2.30. The summed E-state index contributed by atoms with van der Waals surface area (Å²) in [6.45, 7) is 5.59. The molecule has 2 aromatic rings. The van der Waals surface area contributed by atoms with E-state index in [2.05, 4.69) is 10.5 Å². The smallest absolute Gasteiger partial charge is 0.271 e. The summed E-state index contributed by atoms with van der Waals surface area (Å²) in [5, 5.41) is 4.09. The normalized spacial score (nSPS) is 12.3. The van der Waals surface area contributed by atoms with Gasteiger partial charge in [-0.25, -0.2) is 18.1 Å². The molecule has 150 valence electrons. The molecule has 0 unspecified atom stereocenters. The van der Waals surface area contributed by atoms with Crippen LogP contribution in [0, 0.1) is 0 Å². The van der Waals surface area contributed by atoms with Crippen molar-refractivity contribution < 1.29 is 17.9 Å². The second-order valence-corrected chi connectivity index (χ2v) is 8.79. The maximum atomic E-state index is 12.2. The minimum atomic E-state index is -3.48. The second kappa shape index (κ2) is 8.99. The first kappa shape index (κ1) is 21.6. The topological polar surface area (TPSA) is 88.1 Å². The van der Waals surface area contributed by atoms with Gasteiger partial charge in [0.2, 0.25) is 10.0 Å². The highest BCUT2D eigenvalue weighted by Crippen LogP contribution is 2.15. The molecule has 0 heterocycles. The number of ether oxygens (including phenoxy) is 1. The Morgan fingerprint density at radius 3 is 2.04 bits per heavy atom. The second-order valence-electron chi connectivity index (χ2n) is 6.64. The highest BCUT2D eigenvalue weighted by molar-refractivity contribution is 7.89. The highest BCUT2D eigenvalue weighted by atomic mass is 32.2. The van der Waals surface area contributed by atoms with E-state index >= 15 is 0 Å². The van der Waals surface area contributed by atoms with Gasteiger partial charge in [0.05, 0.1) is 16.7 Å². The summed E-state index contributed by atoms with van der Waals surface area (Å²) in [6, 6.07) is 13.1. The number of carbonyl (C=O) groups is 1. The zero-order valence-corrected chi connectivity index (χ0v) is 17.4. The highest BCUT2D eigenvalue weighted by Gasteiger charge is 2.16. The first-order valence-corrected chi connectivity index (χ1v) is 10.2. The van der Waals surface area contributed by atoms with Crippen LogP contribution < -0.4 is 10.2 Å². The molecule has 0 fully saturated rings. The van der Waals surface area contributed by atoms with Crippen LogP contribution in [-0.4, -0.2) is 44.5 Å². The van der Waals surface area contributed by atoms with Crippen molar-refractivity contribution in [2.45, 2.75) is 31.8 Å². The van der Waals surface area contributed by atoms with Crippen molar-refractivity contribution in [1.29, 1.82) is 0 Å². The van der Waals surface area contributed by atoms with E-state index in [9.17, 15) is 13.2 Å². The van der Waals surface area contributed by atoms with Crippen LogP contribution in [0.25, 0.3) is 0 Å². The molecule has 7 nitrogen and oxygen atoms in total. The lowest BCUT2D eigenvalue weighted by Crippen LogP contribution is -2.22. The van der Waals surface area contributed by atoms with Gasteiger partial charge in [0.1, 0.15) is 5.75 Å². The maximum Gasteiger partial charge on any atom is 0.271 e. The molecule has 0 atom stereocenters. The maximum absolute atomic E-state index is 12.2. The Labute approximate surface area is 166 Å². The molecule has 1 amide bonds. The number of hydrogen-bond acceptors (Lipinski definition) is 5. The van der Waals surface area contributed by atoms with Crippen molar-refractivity contribution in [3.8, 4) is 5.75 Å². The van der Waals surface area contributed by atoms with Crippen molar-refractivity contribution in [1.82, 2.24) is 9.73 Å². The Hall–Kier alpha value is -2.71. The van der Waals surface area contributed by atoms with E-state index < -0.39 is 10.0 Å². The average molecular weight is 404 g/mol. The number of hydrazone groups is 1. The molecule has 2 aromatic carbocycles. The van der Waals surface area contributed by atoms with Crippen LogP contribution in [0.15, 0.2) is 58.5 Å². The van der Waals surface area contributed by atoms with Crippen LogP contribution in [-0.2, 0) is 10.0 Å². The summed E-state index contributed by atoms with van der Waals surface area (Å²) in [7, 11) is -0.521. The number of hydrogen-bond donors (Lipinski definition) is 1. The van der Waals surface area contributed by atoms with Crippen LogP contribution in [0.4, 0.5) is 0 Å². The van der Waals surface area contributed by atoms with E-state index in [0.29, 0.717) is 22.6 Å². The first-order valence-electron chi connectivity index (χ1n) is 8.75. The van der Waals surface area contributed by atoms with Gasteiger partial charge < -0.3 is 4.74 Å². The number of amides is 1. The van der Waals surface area contributed by atoms with Crippen molar-refractivity contribution in [3.63, 3.8) is 0 Å². The quantitative estimate of drug-likeness (QED) is 0.569. The van der Waals surface area contributed by atoms with Gasteiger partial charge >= 0.3 is 0 Å². The number of sulfonamides is 1. The molecular weight excluding hydrogens is 378 g/mol. The summed E-state index contributed by atoms with van der Waals surface area (Å²) in [6.07, 6.45) is 0.0611. The van der Waals surface area contributed by atoms with Crippen LogP contribution in [0.2, 0.25) is 0 Å². The van der Waals surface area contributed by atoms with Gasteiger partial charge in [-0.2, -0.15) is 5.10 Å². The fourth-order valence-corrected chi connectivity index (χ4v) is 3.20. The zero-order valence-electron chi connectivity index (χ0n) is 16.6. The number of benzene rings is 2. The van der Waals surface area contributed by atoms with E-state index in [1.54, 1.807) is 43.3 Å². The average Bonchev–Trinajstić information content (AvgIpc) is 2.66. The fraction of sp³-hybridized carbons (Fsp3) is 0.300. The number of rotatable bonds is 7. The monoisotopic (exact) mass is 403 g/mol. The molecular formula is C20H25N3O4S. The van der Waals surface area contributed by atoms with Gasteiger partial charge in [0.25, 0.3) is 5.91 Å². The molecule has 0 bridgehead atoms. The summed E-state index contributed by atoms with van der Waals surface area (Å²) >= 11 is 0. The summed E-state index contributed by atoms with van der Waals surface area (Å²) in [5.41, 5.74) is 4.23. The zero-order chi connectivity index (χ0) is 20.9. The lowest BCUT2D eigenvalue weighted by Gasteiger charge is -2.11. The molecule has 0 aliphatic rings. The Morgan fingerprint density at radius 1 is 1.00 bits per heavy atom. The van der Waals surface area contributed by atoms with Gasteiger partial charge in [0.15, 0.2) is 0 Å². The molecule has 0 saturated heterocycles. The lowest BCUT2D eigenvalue weighted by molar-refractivity contribution is 0.0955. The van der Waals surface area contributed by atoms with Crippen LogP contribution >= 0.6 is 0 Å². The van der Waals surface area contributed by atoms with Crippen LogP contribution in [0.5, 0.6) is 5.75 Å². The molecule has 1 N–H and O–H groups in total. The Bertz CT molecular complexity index is 948. The standard InChI is InChI=1S/C20H25N3O4S/c1-14(2)27-18-10-6-17(7-11-18)20(24)22-21-15(3)16-8-12-19(13-9-16)28(25,26)23(4)5/h6-14H,1-5H3,(H,22,24)/b21-15-. The van der Waals surface area contributed by atoms with Crippen molar-refractivity contribution in [2.75, 3.05) is 14.1 Å². The Morgan fingerprint density at radius 2 is 1.54 bits per heavy atom. The predicted molar refractivity (Wildman–Crippen MR) is 109 cm³/mol. The molecule has 28 heavy (non-hydrogen) atoms. The Balaban J connectivity index is 2.06. The van der Waals surface area contributed by atoms with Crippen molar-refractivity contribution in [2.24, 2.45) is 5.10 Å². The minimum absolute atomic E-state index is 0.0611. The van der Waals surface area contributed by atoms with Crippen molar-refractivity contribution in [3.05, 3.63) is 59.7 Å². The van der Waals surface area contributed by atoms with Gasteiger partial charge in [-0.15, -0.1) is 0 Å². The van der Waals surface area contributed by atoms with Gasteiger partial charge in [-0.05, 0) is 62.7 Å². The Kier molecular flexibility index (Phi) is 6.93. The molecule has 0 saturated carbocycles. The number of nitrogens with one attached hydrogen (secondary N) is 1. The van der Waals surface area contributed by atoms with E-state index in [0.717, 1.165) is 4.31 Å². The van der Waals surface area contributed by atoms with E-state index in [1.807, 2.05) is 13.8 Å². The first-order chi connectivity index (χ1) is 13.1. The van der Waals surface area contributed by atoms with Gasteiger partial charge in [-0.3, -0.25) is 4.79 Å². The summed E-state index contributed by atoms with van der Waals surface area (Å²) in [4.78, 5) is 12.4. The number of nitrogens with zero attached hydrogens (tertiary/aromatic N) is 2. The third-order valence-electron chi connectivity index (χ3n) is 3.86. The molecule has 2 rings (SSSR count). The largest absolute Gasteiger partial charge is 0.491 e. The van der Waals surface area contributed by atoms with Gasteiger partial charge in [0, 0.05) is 19.7 Å². The van der Waals surface area contributed by atoms with E-state index in [-0.39, 0.29) is 16.9 Å². The van der Waals surface area contributed by atoms with E-state index in [4.69, 9.17) is 4.74 Å². The molecule has 0 radical (unpaired) electrons. The minimum Gasteiger partial charge on any atom is -0.491 e. The van der Waals surface area contributed by atoms with Crippen LogP contribution in [0.1, 0.15) is 36.7 Å². The van der Waals surface area contributed by atoms with Gasteiger partial charge in [-0.1, -0.05) is 12.1 Å². The SMILES string of the molecule is C/C(=N/NC(=O)c1ccc(OC(C)C)cc1)c1ccc(S(=O)(=O)N(C)C)cc1. The molecule has 0 aliphatic carbocycles.